The number of carboxylic acid groups (broad SMARTS) is 1. The number of pyridine rings is 1. The maximum atomic E-state index is 11.3. The van der Waals surface area contributed by atoms with Crippen LogP contribution in [-0.2, 0) is 9.84 Å². The van der Waals surface area contributed by atoms with E-state index in [1.807, 2.05) is 0 Å². The third-order valence-electron chi connectivity index (χ3n) is 2.46. The van der Waals surface area contributed by atoms with Crippen LogP contribution in [-0.4, -0.2) is 41.2 Å². The first-order chi connectivity index (χ1) is 7.96. The number of hydrogen-bond donors (Lipinski definition) is 1. The molecule has 0 aromatic carbocycles. The summed E-state index contributed by atoms with van der Waals surface area (Å²) in [5, 5.41) is 9.37. The molecule has 1 aromatic heterocycles. The summed E-state index contributed by atoms with van der Waals surface area (Å²) in [6.45, 7) is 0. The third kappa shape index (κ3) is 3.19. The fourth-order valence-electron chi connectivity index (χ4n) is 1.63. The Morgan fingerprint density at radius 3 is 2.88 bits per heavy atom. The molecule has 1 unspecified atom stereocenters. The molecule has 1 aliphatic rings. The Bertz CT molecular complexity index is 541. The van der Waals surface area contributed by atoms with Gasteiger partial charge in [-0.25, -0.2) is 18.2 Å². The van der Waals surface area contributed by atoms with Gasteiger partial charge < -0.3 is 5.11 Å². The SMILES string of the molecule is O=C(O)c1ccnc(SC2CCS(=O)(=O)C2)c1. The fourth-order valence-corrected chi connectivity index (χ4v) is 5.11. The summed E-state index contributed by atoms with van der Waals surface area (Å²) in [5.74, 6) is -0.645. The van der Waals surface area contributed by atoms with E-state index in [0.717, 1.165) is 0 Å². The van der Waals surface area contributed by atoms with Crippen LogP contribution in [0.5, 0.6) is 0 Å². The monoisotopic (exact) mass is 273 g/mol. The number of rotatable bonds is 3. The van der Waals surface area contributed by atoms with Gasteiger partial charge in [-0.3, -0.25) is 0 Å². The van der Waals surface area contributed by atoms with Gasteiger partial charge in [0.2, 0.25) is 0 Å². The Labute approximate surface area is 103 Å². The quantitative estimate of drug-likeness (QED) is 0.886. The van der Waals surface area contributed by atoms with Crippen molar-refractivity contribution in [3.05, 3.63) is 23.9 Å². The van der Waals surface area contributed by atoms with Gasteiger partial charge in [0.1, 0.15) is 0 Å². The fraction of sp³-hybridized carbons (Fsp3) is 0.400. The summed E-state index contributed by atoms with van der Waals surface area (Å²) < 4.78 is 22.6. The average molecular weight is 273 g/mol. The topological polar surface area (TPSA) is 84.3 Å². The van der Waals surface area contributed by atoms with Crippen LogP contribution < -0.4 is 0 Å². The van der Waals surface area contributed by atoms with E-state index in [-0.39, 0.29) is 22.3 Å². The van der Waals surface area contributed by atoms with Crippen molar-refractivity contribution < 1.29 is 18.3 Å². The molecule has 1 aromatic rings. The third-order valence-corrected chi connectivity index (χ3v) is 5.64. The number of nitrogens with zero attached hydrogens (tertiary/aromatic N) is 1. The first-order valence-corrected chi connectivity index (χ1v) is 7.73. The zero-order valence-electron chi connectivity index (χ0n) is 8.87. The highest BCUT2D eigenvalue weighted by molar-refractivity contribution is 8.01. The Kier molecular flexibility index (Phi) is 3.39. The molecular formula is C10H11NO4S2. The molecule has 1 fully saturated rings. The molecule has 0 saturated carbocycles. The number of carbonyl (C=O) groups is 1. The molecule has 0 spiro atoms. The van der Waals surface area contributed by atoms with E-state index in [2.05, 4.69) is 4.98 Å². The van der Waals surface area contributed by atoms with Crippen molar-refractivity contribution in [3.63, 3.8) is 0 Å². The van der Waals surface area contributed by atoms with Gasteiger partial charge in [-0.2, -0.15) is 0 Å². The molecule has 1 N–H and O–H groups in total. The van der Waals surface area contributed by atoms with Crippen LogP contribution in [0.15, 0.2) is 23.4 Å². The summed E-state index contributed by atoms with van der Waals surface area (Å²) in [6, 6.07) is 2.88. The van der Waals surface area contributed by atoms with Crippen molar-refractivity contribution in [2.45, 2.75) is 16.7 Å². The van der Waals surface area contributed by atoms with Crippen molar-refractivity contribution in [1.82, 2.24) is 4.98 Å². The zero-order chi connectivity index (χ0) is 12.5. The van der Waals surface area contributed by atoms with E-state index < -0.39 is 15.8 Å². The van der Waals surface area contributed by atoms with Crippen LogP contribution in [0.2, 0.25) is 0 Å². The zero-order valence-corrected chi connectivity index (χ0v) is 10.5. The first kappa shape index (κ1) is 12.4. The van der Waals surface area contributed by atoms with E-state index in [4.69, 9.17) is 5.11 Å². The highest BCUT2D eigenvalue weighted by atomic mass is 32.2. The van der Waals surface area contributed by atoms with E-state index in [9.17, 15) is 13.2 Å². The molecule has 0 aliphatic carbocycles. The predicted octanol–water partition coefficient (Wildman–Crippen LogP) is 1.06. The second-order valence-electron chi connectivity index (χ2n) is 3.83. The predicted molar refractivity (Wildman–Crippen MR) is 64.1 cm³/mol. The number of sulfone groups is 1. The maximum Gasteiger partial charge on any atom is 0.335 e. The molecule has 92 valence electrons. The molecular weight excluding hydrogens is 262 g/mol. The number of carboxylic acids is 1. The Balaban J connectivity index is 2.09. The second kappa shape index (κ2) is 4.66. The molecule has 0 bridgehead atoms. The lowest BCUT2D eigenvalue weighted by Crippen LogP contribution is -2.06. The summed E-state index contributed by atoms with van der Waals surface area (Å²) in [5.41, 5.74) is 0.170. The molecule has 2 heterocycles. The number of thioether (sulfide) groups is 1. The minimum absolute atomic E-state index is 0.0171. The summed E-state index contributed by atoms with van der Waals surface area (Å²) in [7, 11) is -2.91. The normalized spacial score (nSPS) is 22.5. The van der Waals surface area contributed by atoms with Crippen molar-refractivity contribution in [2.75, 3.05) is 11.5 Å². The Morgan fingerprint density at radius 1 is 1.53 bits per heavy atom. The van der Waals surface area contributed by atoms with E-state index in [1.165, 1.54) is 30.1 Å². The van der Waals surface area contributed by atoms with Crippen LogP contribution in [0.25, 0.3) is 0 Å². The molecule has 17 heavy (non-hydrogen) atoms. The number of aromatic nitrogens is 1. The lowest BCUT2D eigenvalue weighted by Gasteiger charge is -2.06. The van der Waals surface area contributed by atoms with Gasteiger partial charge in [0.15, 0.2) is 9.84 Å². The lowest BCUT2D eigenvalue weighted by molar-refractivity contribution is 0.0696. The van der Waals surface area contributed by atoms with Gasteiger partial charge in [0.25, 0.3) is 0 Å². The molecule has 0 amide bonds. The van der Waals surface area contributed by atoms with E-state index >= 15 is 0 Å². The average Bonchev–Trinajstić information content (AvgIpc) is 2.58. The van der Waals surface area contributed by atoms with Gasteiger partial charge in [-0.05, 0) is 18.6 Å². The van der Waals surface area contributed by atoms with Gasteiger partial charge in [-0.15, -0.1) is 11.8 Å². The minimum Gasteiger partial charge on any atom is -0.478 e. The van der Waals surface area contributed by atoms with Gasteiger partial charge >= 0.3 is 5.97 Å². The molecule has 7 heteroatoms. The number of hydrogen-bond acceptors (Lipinski definition) is 5. The van der Waals surface area contributed by atoms with Crippen LogP contribution in [0.1, 0.15) is 16.8 Å². The van der Waals surface area contributed by atoms with Crippen LogP contribution in [0, 0.1) is 0 Å². The largest absolute Gasteiger partial charge is 0.478 e. The van der Waals surface area contributed by atoms with Crippen molar-refractivity contribution in [3.8, 4) is 0 Å². The minimum atomic E-state index is -2.91. The molecule has 1 atom stereocenters. The Morgan fingerprint density at radius 2 is 2.29 bits per heavy atom. The first-order valence-electron chi connectivity index (χ1n) is 5.03. The molecule has 2 rings (SSSR count). The van der Waals surface area contributed by atoms with Gasteiger partial charge in [0.05, 0.1) is 22.1 Å². The van der Waals surface area contributed by atoms with E-state index in [1.54, 1.807) is 0 Å². The summed E-state index contributed by atoms with van der Waals surface area (Å²) in [6.07, 6.45) is 2.03. The molecule has 1 saturated heterocycles. The standard InChI is InChI=1S/C10H11NO4S2/c12-10(13)7-1-3-11-9(5-7)16-8-2-4-17(14,15)6-8/h1,3,5,8H,2,4,6H2,(H,12,13). The molecule has 0 radical (unpaired) electrons. The van der Waals surface area contributed by atoms with Gasteiger partial charge in [-0.1, -0.05) is 0 Å². The molecule has 5 nitrogen and oxygen atoms in total. The van der Waals surface area contributed by atoms with Gasteiger partial charge in [0, 0.05) is 11.4 Å². The Hall–Kier alpha value is -1.08. The van der Waals surface area contributed by atoms with E-state index in [0.29, 0.717) is 11.4 Å². The van der Waals surface area contributed by atoms with Crippen molar-refractivity contribution in [1.29, 1.82) is 0 Å². The van der Waals surface area contributed by atoms with Crippen LogP contribution in [0.3, 0.4) is 0 Å². The van der Waals surface area contributed by atoms with Crippen LogP contribution in [0.4, 0.5) is 0 Å². The highest BCUT2D eigenvalue weighted by Gasteiger charge is 2.28. The second-order valence-corrected chi connectivity index (χ2v) is 7.38. The highest BCUT2D eigenvalue weighted by Crippen LogP contribution is 2.29. The molecule has 1 aliphatic heterocycles. The smallest absolute Gasteiger partial charge is 0.335 e. The van der Waals surface area contributed by atoms with Crippen LogP contribution >= 0.6 is 11.8 Å². The number of aromatic carboxylic acids is 1. The summed E-state index contributed by atoms with van der Waals surface area (Å²) >= 11 is 1.33. The maximum absolute atomic E-state index is 11.3. The van der Waals surface area contributed by atoms with Crippen molar-refractivity contribution in [2.24, 2.45) is 0 Å². The summed E-state index contributed by atoms with van der Waals surface area (Å²) in [4.78, 5) is 14.8. The van der Waals surface area contributed by atoms with Crippen molar-refractivity contribution >= 4 is 27.6 Å². The lowest BCUT2D eigenvalue weighted by atomic mass is 10.3.